The van der Waals surface area contributed by atoms with E-state index in [0.29, 0.717) is 24.8 Å². The fraction of sp³-hybridized carbons (Fsp3) is 0.759. The molecule has 13 atom stereocenters. The van der Waals surface area contributed by atoms with Gasteiger partial charge in [0.05, 0.1) is 31.7 Å². The molecule has 2 saturated carbocycles. The van der Waals surface area contributed by atoms with Crippen molar-refractivity contribution in [3.63, 3.8) is 0 Å². The highest BCUT2D eigenvalue weighted by Crippen LogP contribution is 2.61. The van der Waals surface area contributed by atoms with Crippen LogP contribution in [0.5, 0.6) is 0 Å². The van der Waals surface area contributed by atoms with Gasteiger partial charge in [0.2, 0.25) is 0 Å². The summed E-state index contributed by atoms with van der Waals surface area (Å²) < 4.78 is 34.2. The van der Waals surface area contributed by atoms with E-state index in [1.807, 2.05) is 6.92 Å². The minimum atomic E-state index is -1.59. The lowest BCUT2D eigenvalue weighted by Gasteiger charge is -2.59. The van der Waals surface area contributed by atoms with Gasteiger partial charge in [-0.2, -0.15) is 0 Å². The van der Waals surface area contributed by atoms with Crippen molar-refractivity contribution in [1.82, 2.24) is 0 Å². The molecule has 0 amide bonds. The van der Waals surface area contributed by atoms with Crippen LogP contribution >= 0.6 is 0 Å². The summed E-state index contributed by atoms with van der Waals surface area (Å²) in [6, 6.07) is 1.74. The first kappa shape index (κ1) is 30.9. The minimum Gasteiger partial charge on any atom is -0.472 e. The maximum Gasteiger partial charge on any atom is 0.310 e. The summed E-state index contributed by atoms with van der Waals surface area (Å²) in [6.07, 6.45) is -4.56. The van der Waals surface area contributed by atoms with E-state index in [0.717, 1.165) is 0 Å². The Labute approximate surface area is 243 Å². The van der Waals surface area contributed by atoms with Gasteiger partial charge in [0.1, 0.15) is 42.7 Å². The third kappa shape index (κ3) is 5.70. The van der Waals surface area contributed by atoms with E-state index in [1.54, 1.807) is 6.07 Å². The third-order valence-electron chi connectivity index (χ3n) is 9.69. The lowest BCUT2D eigenvalue weighted by molar-refractivity contribution is -0.307. The highest BCUT2D eigenvalue weighted by atomic mass is 16.7. The maximum absolute atomic E-state index is 13.4. The zero-order valence-electron chi connectivity index (χ0n) is 23.9. The van der Waals surface area contributed by atoms with E-state index >= 15 is 0 Å². The molecule has 13 nitrogen and oxygen atoms in total. The largest absolute Gasteiger partial charge is 0.472 e. The first-order chi connectivity index (χ1) is 19.9. The Balaban J connectivity index is 1.47. The number of carbonyl (C=O) groups is 3. The van der Waals surface area contributed by atoms with Crippen molar-refractivity contribution in [2.75, 3.05) is 13.2 Å². The molecular formula is C29H40O13. The SMILES string of the molecule is CC(=O)O[C@@H]1[C@@H]2[C@H](CC[C@H]3C(=O)O[C@H](c4ccoc4)C[C@@]23C)[C@H](CO[C@@H]2O[C@H](CO)[C@@H](O)[C@H](O)[C@H]2O)C[C@@H]1OC(C)=O. The molecule has 13 heteroatoms. The summed E-state index contributed by atoms with van der Waals surface area (Å²) in [7, 11) is 0. The van der Waals surface area contributed by atoms with Crippen molar-refractivity contribution in [3.8, 4) is 0 Å². The number of fused-ring (bicyclic) bond motifs is 3. The standard InChI is InChI=1S/C29H40O13/c1-13(31)39-19-8-16(12-38-28-25(35)24(34)23(33)21(10-30)42-28)17-4-5-18-27(36)41-20(15-6-7-37-11-15)9-29(18,3)22(17)26(19)40-14(2)32/h6-7,11,16-26,28,30,33-35H,4-5,8-10,12H2,1-3H3/t16-,17+,18-,19-,20-,21+,22-,23+,24-,25+,26-,28+,29+/m0/s1. The summed E-state index contributed by atoms with van der Waals surface area (Å²) in [4.78, 5) is 38.0. The van der Waals surface area contributed by atoms with Gasteiger partial charge in [0.25, 0.3) is 0 Å². The Hall–Kier alpha value is -2.55. The smallest absolute Gasteiger partial charge is 0.310 e. The number of aliphatic hydroxyl groups excluding tert-OH is 4. The van der Waals surface area contributed by atoms with E-state index < -0.39 is 84.8 Å². The molecule has 234 valence electrons. The minimum absolute atomic E-state index is 0.00473. The van der Waals surface area contributed by atoms with E-state index in [4.69, 9.17) is 28.1 Å². The van der Waals surface area contributed by atoms with Gasteiger partial charge in [-0.05, 0) is 49.0 Å². The fourth-order valence-corrected chi connectivity index (χ4v) is 7.83. The second-order valence-electron chi connectivity index (χ2n) is 12.3. The average molecular weight is 597 g/mol. The third-order valence-corrected chi connectivity index (χ3v) is 9.69. The first-order valence-electron chi connectivity index (χ1n) is 14.4. The van der Waals surface area contributed by atoms with Crippen LogP contribution in [0.2, 0.25) is 0 Å². The average Bonchev–Trinajstić information content (AvgIpc) is 3.47. The number of esters is 3. The molecule has 0 bridgehead atoms. The van der Waals surface area contributed by atoms with Gasteiger partial charge in [-0.1, -0.05) is 6.92 Å². The Morgan fingerprint density at radius 3 is 2.45 bits per heavy atom. The molecule has 0 radical (unpaired) electrons. The van der Waals surface area contributed by atoms with Crippen LogP contribution in [0, 0.1) is 29.1 Å². The van der Waals surface area contributed by atoms with Crippen molar-refractivity contribution >= 4 is 17.9 Å². The predicted molar refractivity (Wildman–Crippen MR) is 139 cm³/mol. The highest BCUT2D eigenvalue weighted by Gasteiger charge is 2.63. The van der Waals surface area contributed by atoms with Gasteiger partial charge in [0.15, 0.2) is 6.29 Å². The number of rotatable bonds is 7. The molecule has 0 spiro atoms. The topological polar surface area (TPSA) is 191 Å². The number of cyclic esters (lactones) is 1. The van der Waals surface area contributed by atoms with Gasteiger partial charge >= 0.3 is 17.9 Å². The van der Waals surface area contributed by atoms with Crippen LogP contribution in [0.4, 0.5) is 0 Å². The molecule has 4 aliphatic rings. The molecule has 0 unspecified atom stereocenters. The molecule has 4 fully saturated rings. The quantitative estimate of drug-likeness (QED) is 0.253. The summed E-state index contributed by atoms with van der Waals surface area (Å²) in [6.45, 7) is 3.97. The Morgan fingerprint density at radius 1 is 1.07 bits per heavy atom. The molecule has 2 aliphatic heterocycles. The number of carbonyl (C=O) groups excluding carboxylic acids is 3. The maximum atomic E-state index is 13.4. The molecule has 1 aromatic heterocycles. The highest BCUT2D eigenvalue weighted by molar-refractivity contribution is 5.75. The van der Waals surface area contributed by atoms with Crippen molar-refractivity contribution in [3.05, 3.63) is 24.2 Å². The fourth-order valence-electron chi connectivity index (χ4n) is 7.83. The first-order valence-corrected chi connectivity index (χ1v) is 14.4. The second kappa shape index (κ2) is 12.2. The number of hydrogen-bond acceptors (Lipinski definition) is 13. The van der Waals surface area contributed by atoms with E-state index in [2.05, 4.69) is 0 Å². The van der Waals surface area contributed by atoms with Crippen LogP contribution in [-0.4, -0.2) is 94.5 Å². The van der Waals surface area contributed by atoms with Crippen molar-refractivity contribution < 1.29 is 62.9 Å². The molecule has 4 N–H and O–H groups in total. The van der Waals surface area contributed by atoms with Crippen LogP contribution in [0.15, 0.2) is 23.0 Å². The lowest BCUT2D eigenvalue weighted by Crippen LogP contribution is -2.63. The van der Waals surface area contributed by atoms with Crippen molar-refractivity contribution in [2.45, 2.75) is 95.5 Å². The monoisotopic (exact) mass is 596 g/mol. The van der Waals surface area contributed by atoms with Crippen LogP contribution in [0.25, 0.3) is 0 Å². The number of furan rings is 1. The predicted octanol–water partition coefficient (Wildman–Crippen LogP) is 0.616. The van der Waals surface area contributed by atoms with E-state index in [-0.39, 0.29) is 30.8 Å². The van der Waals surface area contributed by atoms with Gasteiger partial charge in [-0.25, -0.2) is 0 Å². The molecule has 3 heterocycles. The Morgan fingerprint density at radius 2 is 1.81 bits per heavy atom. The van der Waals surface area contributed by atoms with E-state index in [9.17, 15) is 34.8 Å². The summed E-state index contributed by atoms with van der Waals surface area (Å²) in [5.41, 5.74) is -0.00965. The van der Waals surface area contributed by atoms with Crippen LogP contribution in [-0.2, 0) is 38.1 Å². The number of hydrogen-bond donors (Lipinski definition) is 4. The molecule has 42 heavy (non-hydrogen) atoms. The molecule has 1 aromatic rings. The number of aliphatic hydroxyl groups is 4. The number of ether oxygens (including phenoxy) is 5. The molecule has 5 rings (SSSR count). The lowest BCUT2D eigenvalue weighted by atomic mass is 9.48. The van der Waals surface area contributed by atoms with Gasteiger partial charge in [-0.3, -0.25) is 14.4 Å². The molecule has 0 aromatic carbocycles. The van der Waals surface area contributed by atoms with Crippen LogP contribution in [0.3, 0.4) is 0 Å². The van der Waals surface area contributed by atoms with E-state index in [1.165, 1.54) is 26.4 Å². The second-order valence-corrected chi connectivity index (χ2v) is 12.3. The Kier molecular flexibility index (Phi) is 8.98. The van der Waals surface area contributed by atoms with Crippen molar-refractivity contribution in [1.29, 1.82) is 0 Å². The summed E-state index contributed by atoms with van der Waals surface area (Å²) in [5.74, 6) is -2.79. The summed E-state index contributed by atoms with van der Waals surface area (Å²) in [5, 5.41) is 40.4. The van der Waals surface area contributed by atoms with Crippen LogP contribution < -0.4 is 0 Å². The van der Waals surface area contributed by atoms with Crippen molar-refractivity contribution in [2.24, 2.45) is 29.1 Å². The zero-order chi connectivity index (χ0) is 30.3. The van der Waals surface area contributed by atoms with Gasteiger partial charge in [-0.15, -0.1) is 0 Å². The van der Waals surface area contributed by atoms with Gasteiger partial charge in [0, 0.05) is 25.3 Å². The summed E-state index contributed by atoms with van der Waals surface area (Å²) >= 11 is 0. The molecule has 2 aliphatic carbocycles. The Bertz CT molecular complexity index is 1120. The zero-order valence-corrected chi connectivity index (χ0v) is 23.9. The molecular weight excluding hydrogens is 556 g/mol. The normalized spacial score (nSPS) is 43.5. The van der Waals surface area contributed by atoms with Gasteiger partial charge < -0.3 is 48.5 Å². The molecule has 2 saturated heterocycles. The van der Waals surface area contributed by atoms with Crippen LogP contribution in [0.1, 0.15) is 58.1 Å².